The van der Waals surface area contributed by atoms with Crippen LogP contribution in [0.5, 0.6) is 0 Å². The van der Waals surface area contributed by atoms with Crippen molar-refractivity contribution in [1.29, 1.82) is 0 Å². The van der Waals surface area contributed by atoms with Crippen molar-refractivity contribution in [1.82, 2.24) is 0 Å². The molecular weight excluding hydrogens is 204 g/mol. The largest absolute Gasteiger partial charge is 0.478 e. The zero-order valence-corrected chi connectivity index (χ0v) is 9.35. The van der Waals surface area contributed by atoms with Gasteiger partial charge in [0.25, 0.3) is 0 Å². The van der Waals surface area contributed by atoms with Gasteiger partial charge in [0.1, 0.15) is 0 Å². The average molecular weight is 220 g/mol. The van der Waals surface area contributed by atoms with Gasteiger partial charge in [-0.15, -0.1) is 0 Å². The molecule has 1 aromatic rings. The van der Waals surface area contributed by atoms with E-state index in [0.717, 1.165) is 5.56 Å². The molecule has 0 atom stereocenters. The first-order valence-corrected chi connectivity index (χ1v) is 5.22. The standard InChI is InChI=1S/C13H16O3/c1-11(13(14)15)6-5-9-16-10-12-7-3-2-4-8-12/h2-4,6-8H,5,9-10H2,1H3,(H,14,15). The van der Waals surface area contributed by atoms with Crippen LogP contribution in [0.1, 0.15) is 18.9 Å². The zero-order chi connectivity index (χ0) is 11.8. The van der Waals surface area contributed by atoms with E-state index in [9.17, 15) is 4.79 Å². The zero-order valence-electron chi connectivity index (χ0n) is 9.35. The Morgan fingerprint density at radius 3 is 2.69 bits per heavy atom. The lowest BCUT2D eigenvalue weighted by molar-refractivity contribution is -0.132. The minimum atomic E-state index is -0.872. The minimum absolute atomic E-state index is 0.364. The fraction of sp³-hybridized carbons (Fsp3) is 0.308. The van der Waals surface area contributed by atoms with E-state index in [-0.39, 0.29) is 0 Å². The molecule has 0 aliphatic heterocycles. The molecule has 0 aliphatic carbocycles. The van der Waals surface area contributed by atoms with Gasteiger partial charge in [0, 0.05) is 5.57 Å². The predicted molar refractivity (Wildman–Crippen MR) is 62.1 cm³/mol. The SMILES string of the molecule is CC(=CCCOCc1ccccc1)C(=O)O. The maximum Gasteiger partial charge on any atom is 0.330 e. The van der Waals surface area contributed by atoms with Gasteiger partial charge in [0.15, 0.2) is 0 Å². The molecule has 0 aromatic heterocycles. The highest BCUT2D eigenvalue weighted by Crippen LogP contribution is 2.02. The number of hydrogen-bond acceptors (Lipinski definition) is 2. The van der Waals surface area contributed by atoms with Gasteiger partial charge in [-0.2, -0.15) is 0 Å². The lowest BCUT2D eigenvalue weighted by Crippen LogP contribution is -1.98. The summed E-state index contributed by atoms with van der Waals surface area (Å²) in [6.07, 6.45) is 2.30. The van der Waals surface area contributed by atoms with Crippen LogP contribution in [0.4, 0.5) is 0 Å². The molecule has 1 aromatic carbocycles. The number of carboxylic acid groups (broad SMARTS) is 1. The number of benzene rings is 1. The van der Waals surface area contributed by atoms with Crippen molar-refractivity contribution in [2.75, 3.05) is 6.61 Å². The summed E-state index contributed by atoms with van der Waals surface area (Å²) in [6.45, 7) is 2.69. The quantitative estimate of drug-likeness (QED) is 0.592. The molecule has 0 saturated heterocycles. The van der Waals surface area contributed by atoms with Crippen molar-refractivity contribution >= 4 is 5.97 Å². The van der Waals surface area contributed by atoms with Gasteiger partial charge < -0.3 is 9.84 Å². The Hall–Kier alpha value is -1.61. The van der Waals surface area contributed by atoms with E-state index in [1.54, 1.807) is 13.0 Å². The van der Waals surface area contributed by atoms with E-state index in [4.69, 9.17) is 9.84 Å². The van der Waals surface area contributed by atoms with Crippen LogP contribution in [-0.4, -0.2) is 17.7 Å². The van der Waals surface area contributed by atoms with Crippen molar-refractivity contribution < 1.29 is 14.6 Å². The number of aliphatic carboxylic acids is 1. The smallest absolute Gasteiger partial charge is 0.330 e. The van der Waals surface area contributed by atoms with E-state index in [0.29, 0.717) is 25.2 Å². The van der Waals surface area contributed by atoms with Crippen molar-refractivity contribution in [3.63, 3.8) is 0 Å². The molecule has 0 saturated carbocycles. The molecule has 0 unspecified atom stereocenters. The Morgan fingerprint density at radius 1 is 1.38 bits per heavy atom. The second-order valence-corrected chi connectivity index (χ2v) is 3.52. The highest BCUT2D eigenvalue weighted by molar-refractivity contribution is 5.85. The van der Waals surface area contributed by atoms with Crippen LogP contribution in [0, 0.1) is 0 Å². The van der Waals surface area contributed by atoms with E-state index >= 15 is 0 Å². The van der Waals surface area contributed by atoms with Crippen molar-refractivity contribution in [3.8, 4) is 0 Å². The molecule has 3 nitrogen and oxygen atoms in total. The predicted octanol–water partition coefficient (Wildman–Crippen LogP) is 2.62. The fourth-order valence-electron chi connectivity index (χ4n) is 1.21. The normalized spacial score (nSPS) is 11.4. The molecule has 3 heteroatoms. The maximum atomic E-state index is 10.5. The first kappa shape index (κ1) is 12.5. The van der Waals surface area contributed by atoms with Crippen molar-refractivity contribution in [3.05, 3.63) is 47.5 Å². The molecule has 0 fully saturated rings. The summed E-state index contributed by atoms with van der Waals surface area (Å²) in [5.41, 5.74) is 1.49. The lowest BCUT2D eigenvalue weighted by atomic mass is 10.2. The fourth-order valence-corrected chi connectivity index (χ4v) is 1.21. The monoisotopic (exact) mass is 220 g/mol. The molecular formula is C13H16O3. The Kier molecular flexibility index (Phi) is 5.29. The Balaban J connectivity index is 2.18. The van der Waals surface area contributed by atoms with Gasteiger partial charge in [0.2, 0.25) is 0 Å². The Labute approximate surface area is 95.4 Å². The van der Waals surface area contributed by atoms with Gasteiger partial charge in [-0.25, -0.2) is 4.79 Å². The molecule has 16 heavy (non-hydrogen) atoms. The second kappa shape index (κ2) is 6.80. The number of rotatable bonds is 6. The van der Waals surface area contributed by atoms with Crippen molar-refractivity contribution in [2.24, 2.45) is 0 Å². The molecule has 0 spiro atoms. The highest BCUT2D eigenvalue weighted by Gasteiger charge is 1.97. The second-order valence-electron chi connectivity index (χ2n) is 3.52. The summed E-state index contributed by atoms with van der Waals surface area (Å²) in [6, 6.07) is 9.89. The van der Waals surface area contributed by atoms with E-state index in [1.807, 2.05) is 30.3 Å². The molecule has 0 heterocycles. The number of ether oxygens (including phenoxy) is 1. The molecule has 0 aliphatic rings. The summed E-state index contributed by atoms with van der Waals surface area (Å²) in [5.74, 6) is -0.872. The van der Waals surface area contributed by atoms with E-state index < -0.39 is 5.97 Å². The molecule has 0 bridgehead atoms. The average Bonchev–Trinajstić information content (AvgIpc) is 2.29. The van der Waals surface area contributed by atoms with Crippen molar-refractivity contribution in [2.45, 2.75) is 20.0 Å². The summed E-state index contributed by atoms with van der Waals surface area (Å²) >= 11 is 0. The summed E-state index contributed by atoms with van der Waals surface area (Å²) in [7, 11) is 0. The third kappa shape index (κ3) is 4.75. The third-order valence-corrected chi connectivity index (χ3v) is 2.16. The van der Waals surface area contributed by atoms with Crippen LogP contribution >= 0.6 is 0 Å². The van der Waals surface area contributed by atoms with Crippen LogP contribution in [0.25, 0.3) is 0 Å². The van der Waals surface area contributed by atoms with Crippen LogP contribution in [0.3, 0.4) is 0 Å². The van der Waals surface area contributed by atoms with E-state index in [2.05, 4.69) is 0 Å². The third-order valence-electron chi connectivity index (χ3n) is 2.16. The Morgan fingerprint density at radius 2 is 2.06 bits per heavy atom. The number of carbonyl (C=O) groups is 1. The molecule has 86 valence electrons. The van der Waals surface area contributed by atoms with Crippen LogP contribution in [0.2, 0.25) is 0 Å². The van der Waals surface area contributed by atoms with Crippen LogP contribution in [-0.2, 0) is 16.1 Å². The molecule has 1 rings (SSSR count). The summed E-state index contributed by atoms with van der Waals surface area (Å²) in [5, 5.41) is 8.61. The topological polar surface area (TPSA) is 46.5 Å². The maximum absolute atomic E-state index is 10.5. The summed E-state index contributed by atoms with van der Waals surface area (Å²) < 4.78 is 5.41. The van der Waals surface area contributed by atoms with E-state index in [1.165, 1.54) is 0 Å². The number of hydrogen-bond donors (Lipinski definition) is 1. The van der Waals surface area contributed by atoms with Gasteiger partial charge in [-0.1, -0.05) is 36.4 Å². The first-order valence-electron chi connectivity index (χ1n) is 5.22. The first-order chi connectivity index (χ1) is 7.70. The molecule has 0 amide bonds. The van der Waals surface area contributed by atoms with Gasteiger partial charge >= 0.3 is 5.97 Å². The van der Waals surface area contributed by atoms with Crippen LogP contribution in [0.15, 0.2) is 42.0 Å². The van der Waals surface area contributed by atoms with Gasteiger partial charge in [0.05, 0.1) is 13.2 Å². The van der Waals surface area contributed by atoms with Crippen LogP contribution < -0.4 is 0 Å². The highest BCUT2D eigenvalue weighted by atomic mass is 16.5. The molecule has 1 N–H and O–H groups in total. The van der Waals surface area contributed by atoms with Gasteiger partial charge in [-0.3, -0.25) is 0 Å². The minimum Gasteiger partial charge on any atom is -0.478 e. The lowest BCUT2D eigenvalue weighted by Gasteiger charge is -2.02. The molecule has 0 radical (unpaired) electrons. The summed E-state index contributed by atoms with van der Waals surface area (Å²) in [4.78, 5) is 10.5. The Bertz CT molecular complexity index is 355. The van der Waals surface area contributed by atoms with Gasteiger partial charge in [-0.05, 0) is 18.9 Å². The number of carboxylic acids is 1.